The molecule has 2 heteroatoms. The maximum Gasteiger partial charge on any atom is 0.0974 e. The summed E-state index contributed by atoms with van der Waals surface area (Å²) >= 11 is 5.90. The Morgan fingerprint density at radius 2 is 2.00 bits per heavy atom. The number of aliphatic hydroxyl groups excluding tert-OH is 1. The van der Waals surface area contributed by atoms with Crippen LogP contribution < -0.4 is 0 Å². The number of hydrogen-bond acceptors (Lipinski definition) is 1. The van der Waals surface area contributed by atoms with Crippen molar-refractivity contribution in [3.8, 4) is 0 Å². The van der Waals surface area contributed by atoms with Crippen molar-refractivity contribution in [1.82, 2.24) is 0 Å². The summed E-state index contributed by atoms with van der Waals surface area (Å²) in [6, 6.07) is 5.61. The molecule has 1 atom stereocenters. The topological polar surface area (TPSA) is 20.2 Å². The highest BCUT2D eigenvalue weighted by molar-refractivity contribution is 6.30. The SMILES string of the molecule is CC(C)=CC(O)c1cc(C)cc(Cl)c1. The van der Waals surface area contributed by atoms with Crippen molar-refractivity contribution in [3.63, 3.8) is 0 Å². The summed E-state index contributed by atoms with van der Waals surface area (Å²) in [5, 5.41) is 10.5. The zero-order chi connectivity index (χ0) is 10.7. The van der Waals surface area contributed by atoms with Crippen molar-refractivity contribution in [2.45, 2.75) is 26.9 Å². The molecule has 1 aromatic rings. The smallest absolute Gasteiger partial charge is 0.0974 e. The summed E-state index contributed by atoms with van der Waals surface area (Å²) in [4.78, 5) is 0. The third-order valence-corrected chi connectivity index (χ3v) is 2.12. The predicted octanol–water partition coefficient (Wildman–Crippen LogP) is 3.65. The summed E-state index contributed by atoms with van der Waals surface area (Å²) in [5.74, 6) is 0. The molecule has 0 bridgehead atoms. The number of benzene rings is 1. The van der Waals surface area contributed by atoms with E-state index in [0.717, 1.165) is 16.7 Å². The highest BCUT2D eigenvalue weighted by Gasteiger charge is 2.05. The minimum absolute atomic E-state index is 0.558. The molecule has 76 valence electrons. The number of hydrogen-bond donors (Lipinski definition) is 1. The normalized spacial score (nSPS) is 12.4. The molecule has 0 spiro atoms. The Balaban J connectivity index is 3.01. The van der Waals surface area contributed by atoms with Crippen LogP contribution in [0.3, 0.4) is 0 Å². The van der Waals surface area contributed by atoms with Gasteiger partial charge in [-0.25, -0.2) is 0 Å². The van der Waals surface area contributed by atoms with Gasteiger partial charge in [0.25, 0.3) is 0 Å². The Kier molecular flexibility index (Phi) is 3.73. The minimum atomic E-state index is -0.558. The highest BCUT2D eigenvalue weighted by atomic mass is 35.5. The number of aliphatic hydroxyl groups is 1. The van der Waals surface area contributed by atoms with Crippen molar-refractivity contribution in [2.75, 3.05) is 0 Å². The monoisotopic (exact) mass is 210 g/mol. The van der Waals surface area contributed by atoms with E-state index < -0.39 is 6.10 Å². The van der Waals surface area contributed by atoms with Crippen molar-refractivity contribution in [2.24, 2.45) is 0 Å². The van der Waals surface area contributed by atoms with Crippen LogP contribution >= 0.6 is 11.6 Å². The van der Waals surface area contributed by atoms with E-state index in [9.17, 15) is 5.11 Å². The number of rotatable bonds is 2. The lowest BCUT2D eigenvalue weighted by atomic mass is 10.1. The van der Waals surface area contributed by atoms with Crippen LogP contribution in [0.5, 0.6) is 0 Å². The third-order valence-electron chi connectivity index (χ3n) is 1.90. The molecule has 0 heterocycles. The summed E-state index contributed by atoms with van der Waals surface area (Å²) in [6.45, 7) is 5.88. The van der Waals surface area contributed by atoms with Crippen LogP contribution in [0.4, 0.5) is 0 Å². The van der Waals surface area contributed by atoms with E-state index in [0.29, 0.717) is 5.02 Å². The molecule has 14 heavy (non-hydrogen) atoms. The molecule has 0 aliphatic carbocycles. The van der Waals surface area contributed by atoms with Gasteiger partial charge in [0.1, 0.15) is 0 Å². The molecule has 1 rings (SSSR count). The molecule has 0 aliphatic heterocycles. The van der Waals surface area contributed by atoms with E-state index >= 15 is 0 Å². The molecule has 1 aromatic carbocycles. The first-order chi connectivity index (χ1) is 6.49. The van der Waals surface area contributed by atoms with Crippen LogP contribution in [-0.4, -0.2) is 5.11 Å². The van der Waals surface area contributed by atoms with Crippen LogP contribution in [0.1, 0.15) is 31.1 Å². The van der Waals surface area contributed by atoms with Crippen molar-refractivity contribution >= 4 is 11.6 Å². The van der Waals surface area contributed by atoms with Crippen molar-refractivity contribution < 1.29 is 5.11 Å². The van der Waals surface area contributed by atoms with E-state index in [1.54, 1.807) is 6.07 Å². The Bertz CT molecular complexity index is 331. The fraction of sp³-hybridized carbons (Fsp3) is 0.333. The van der Waals surface area contributed by atoms with Crippen LogP contribution in [0, 0.1) is 6.92 Å². The molecule has 0 aliphatic rings. The van der Waals surface area contributed by atoms with Crippen LogP contribution in [0.2, 0.25) is 5.02 Å². The first kappa shape index (κ1) is 11.3. The van der Waals surface area contributed by atoms with Crippen molar-refractivity contribution in [3.05, 3.63) is 46.0 Å². The highest BCUT2D eigenvalue weighted by Crippen LogP contribution is 2.21. The van der Waals surface area contributed by atoms with Gasteiger partial charge in [-0.3, -0.25) is 0 Å². The van der Waals surface area contributed by atoms with Gasteiger partial charge in [-0.05, 0) is 44.0 Å². The van der Waals surface area contributed by atoms with E-state index in [1.807, 2.05) is 39.0 Å². The van der Waals surface area contributed by atoms with E-state index in [4.69, 9.17) is 11.6 Å². The fourth-order valence-corrected chi connectivity index (χ4v) is 1.65. The maximum absolute atomic E-state index is 9.80. The molecule has 0 saturated heterocycles. The zero-order valence-electron chi connectivity index (χ0n) is 8.71. The molecule has 0 fully saturated rings. The second kappa shape index (κ2) is 4.63. The van der Waals surface area contributed by atoms with Gasteiger partial charge in [0.15, 0.2) is 0 Å². The second-order valence-electron chi connectivity index (χ2n) is 3.75. The predicted molar refractivity (Wildman–Crippen MR) is 60.6 cm³/mol. The first-order valence-corrected chi connectivity index (χ1v) is 4.97. The fourth-order valence-electron chi connectivity index (χ4n) is 1.35. The van der Waals surface area contributed by atoms with Crippen LogP contribution in [0.25, 0.3) is 0 Å². The Labute approximate surface area is 90.0 Å². The quantitative estimate of drug-likeness (QED) is 0.739. The molecule has 0 amide bonds. The largest absolute Gasteiger partial charge is 0.384 e. The lowest BCUT2D eigenvalue weighted by molar-refractivity contribution is 0.227. The van der Waals surface area contributed by atoms with Gasteiger partial charge in [0.2, 0.25) is 0 Å². The maximum atomic E-state index is 9.80. The second-order valence-corrected chi connectivity index (χ2v) is 4.19. The van der Waals surface area contributed by atoms with E-state index in [-0.39, 0.29) is 0 Å². The lowest BCUT2D eigenvalue weighted by Crippen LogP contribution is -1.94. The molecule has 0 saturated carbocycles. The van der Waals surface area contributed by atoms with Gasteiger partial charge in [0, 0.05) is 5.02 Å². The van der Waals surface area contributed by atoms with Gasteiger partial charge in [-0.1, -0.05) is 29.3 Å². The summed E-state index contributed by atoms with van der Waals surface area (Å²) < 4.78 is 0. The molecular formula is C12H15ClO. The summed E-state index contributed by atoms with van der Waals surface area (Å²) in [5.41, 5.74) is 3.00. The van der Waals surface area contributed by atoms with Crippen LogP contribution in [0.15, 0.2) is 29.8 Å². The van der Waals surface area contributed by atoms with Gasteiger partial charge >= 0.3 is 0 Å². The lowest BCUT2D eigenvalue weighted by Gasteiger charge is -2.08. The third kappa shape index (κ3) is 3.17. The standard InChI is InChI=1S/C12H15ClO/c1-8(2)4-12(14)10-5-9(3)6-11(13)7-10/h4-7,12,14H,1-3H3. The molecular weight excluding hydrogens is 196 g/mol. The molecule has 1 unspecified atom stereocenters. The summed E-state index contributed by atoms with van der Waals surface area (Å²) in [6.07, 6.45) is 1.25. The first-order valence-electron chi connectivity index (χ1n) is 4.59. The number of halogens is 1. The number of aryl methyl sites for hydroxylation is 1. The van der Waals surface area contributed by atoms with Gasteiger partial charge in [0.05, 0.1) is 6.10 Å². The average Bonchev–Trinajstić information content (AvgIpc) is 2.00. The minimum Gasteiger partial charge on any atom is -0.384 e. The Morgan fingerprint density at radius 3 is 2.50 bits per heavy atom. The number of allylic oxidation sites excluding steroid dienone is 1. The van der Waals surface area contributed by atoms with Crippen LogP contribution in [-0.2, 0) is 0 Å². The van der Waals surface area contributed by atoms with Gasteiger partial charge < -0.3 is 5.11 Å². The Hall–Kier alpha value is -0.790. The summed E-state index contributed by atoms with van der Waals surface area (Å²) in [7, 11) is 0. The molecule has 1 nitrogen and oxygen atoms in total. The Morgan fingerprint density at radius 1 is 1.36 bits per heavy atom. The molecule has 0 radical (unpaired) electrons. The van der Waals surface area contributed by atoms with Gasteiger partial charge in [-0.15, -0.1) is 0 Å². The molecule has 0 aromatic heterocycles. The van der Waals surface area contributed by atoms with E-state index in [1.165, 1.54) is 0 Å². The van der Waals surface area contributed by atoms with Crippen molar-refractivity contribution in [1.29, 1.82) is 0 Å². The molecule has 1 N–H and O–H groups in total. The van der Waals surface area contributed by atoms with Gasteiger partial charge in [-0.2, -0.15) is 0 Å². The van der Waals surface area contributed by atoms with E-state index in [2.05, 4.69) is 0 Å². The average molecular weight is 211 g/mol. The zero-order valence-corrected chi connectivity index (χ0v) is 9.47.